The predicted molar refractivity (Wildman–Crippen MR) is 150 cm³/mol. The molecule has 4 bridgehead atoms. The zero-order valence-electron chi connectivity index (χ0n) is 23.1. The van der Waals surface area contributed by atoms with Gasteiger partial charge in [-0.2, -0.15) is 0 Å². The molecule has 1 N–H and O–H groups in total. The van der Waals surface area contributed by atoms with Gasteiger partial charge in [-0.15, -0.1) is 0 Å². The Balaban J connectivity index is 1.28. The second-order valence-corrected chi connectivity index (χ2v) is 12.2. The number of carbonyl (C=O) groups is 1. The molecule has 210 valence electrons. The number of rotatable bonds is 7. The predicted octanol–water partition coefficient (Wildman–Crippen LogP) is 4.87. The maximum atomic E-state index is 14.0. The molecule has 2 saturated carbocycles. The van der Waals surface area contributed by atoms with Gasteiger partial charge >= 0.3 is 5.97 Å². The number of nitrogens with zero attached hydrogens (tertiary/aromatic N) is 3. The van der Waals surface area contributed by atoms with Gasteiger partial charge in [0.15, 0.2) is 0 Å². The molecule has 2 unspecified atom stereocenters. The minimum Gasteiger partial charge on any atom is -0.466 e. The quantitative estimate of drug-likeness (QED) is 0.402. The molecule has 2 aliphatic heterocycles. The molecule has 2 saturated heterocycles. The minimum absolute atomic E-state index is 0.0306. The second-order valence-electron chi connectivity index (χ2n) is 12.2. The number of hydrogen-bond donors (Lipinski definition) is 1. The number of fused-ring (bicyclic) bond motifs is 5. The third-order valence-corrected chi connectivity index (χ3v) is 9.66. The van der Waals surface area contributed by atoms with E-state index in [0.29, 0.717) is 30.2 Å². The lowest BCUT2D eigenvalue weighted by molar-refractivity contribution is -0.142. The number of para-hydroxylation sites is 2. The van der Waals surface area contributed by atoms with Gasteiger partial charge in [0.05, 0.1) is 43.0 Å². The zero-order valence-corrected chi connectivity index (χ0v) is 23.1. The summed E-state index contributed by atoms with van der Waals surface area (Å²) in [6, 6.07) is 9.03. The number of esters is 1. The summed E-state index contributed by atoms with van der Waals surface area (Å²) in [7, 11) is 0. The average molecular weight is 535 g/mol. The molecule has 1 aromatic heterocycles. The number of morpholine rings is 1. The summed E-state index contributed by atoms with van der Waals surface area (Å²) in [5, 5.41) is 8.64. The van der Waals surface area contributed by atoms with Crippen LogP contribution >= 0.6 is 0 Å². The number of carbonyl (C=O) groups excluding carboxylic acids is 1. The monoisotopic (exact) mass is 534 g/mol. The topological polar surface area (TPSA) is 97.5 Å². The van der Waals surface area contributed by atoms with Gasteiger partial charge < -0.3 is 19.5 Å². The van der Waals surface area contributed by atoms with E-state index in [1.807, 2.05) is 28.8 Å². The van der Waals surface area contributed by atoms with Crippen LogP contribution in [0.15, 0.2) is 29.1 Å². The van der Waals surface area contributed by atoms with Crippen molar-refractivity contribution in [2.75, 3.05) is 19.8 Å². The largest absolute Gasteiger partial charge is 0.466 e. The fraction of sp³-hybridized carbons (Fsp3) is 0.677. The van der Waals surface area contributed by atoms with Crippen LogP contribution in [0.2, 0.25) is 0 Å². The number of nitrogens with one attached hydrogen (secondary N) is 1. The number of aromatic nitrogens is 2. The van der Waals surface area contributed by atoms with E-state index in [1.165, 1.54) is 44.9 Å². The third-order valence-electron chi connectivity index (χ3n) is 9.66. The van der Waals surface area contributed by atoms with Gasteiger partial charge in [-0.1, -0.05) is 37.8 Å². The first kappa shape index (κ1) is 26.6. The number of piperidine rings is 1. The molecular formula is C31H42N4O4. The minimum atomic E-state index is -0.355. The fourth-order valence-electron chi connectivity index (χ4n) is 8.12. The Morgan fingerprint density at radius 3 is 2.36 bits per heavy atom. The SMILES string of the molecule is CCOC(=O)CCC(=N)c1nc2ccccc2n([C@H]2C[C@H]3COC[C@@H](C2)N3C2CC3CCCCC(C3)C2)c1=O. The molecule has 6 rings (SSSR count). The van der Waals surface area contributed by atoms with Gasteiger partial charge in [0.2, 0.25) is 0 Å². The van der Waals surface area contributed by atoms with Crippen molar-refractivity contribution in [3.63, 3.8) is 0 Å². The molecule has 4 fully saturated rings. The van der Waals surface area contributed by atoms with Crippen LogP contribution in [0, 0.1) is 17.2 Å². The van der Waals surface area contributed by atoms with Gasteiger partial charge in [-0.25, -0.2) is 4.98 Å². The summed E-state index contributed by atoms with van der Waals surface area (Å²) >= 11 is 0. The molecule has 39 heavy (non-hydrogen) atoms. The van der Waals surface area contributed by atoms with Crippen LogP contribution in [-0.2, 0) is 14.3 Å². The maximum absolute atomic E-state index is 14.0. The Bertz CT molecular complexity index is 1250. The van der Waals surface area contributed by atoms with Crippen molar-refractivity contribution in [1.82, 2.24) is 14.5 Å². The molecule has 5 atom stereocenters. The van der Waals surface area contributed by atoms with Crippen molar-refractivity contribution in [2.24, 2.45) is 11.8 Å². The van der Waals surface area contributed by atoms with E-state index >= 15 is 0 Å². The Labute approximate surface area is 230 Å². The third kappa shape index (κ3) is 5.42. The van der Waals surface area contributed by atoms with Gasteiger partial charge in [-0.05, 0) is 63.0 Å². The van der Waals surface area contributed by atoms with Crippen LogP contribution < -0.4 is 5.56 Å². The first-order chi connectivity index (χ1) is 19.0. The summed E-state index contributed by atoms with van der Waals surface area (Å²) in [5.41, 5.74) is 1.57. The highest BCUT2D eigenvalue weighted by atomic mass is 16.5. The lowest BCUT2D eigenvalue weighted by Crippen LogP contribution is -2.62. The Morgan fingerprint density at radius 1 is 0.974 bits per heavy atom. The first-order valence-electron chi connectivity index (χ1n) is 15.1. The van der Waals surface area contributed by atoms with Crippen LogP contribution in [-0.4, -0.2) is 64.1 Å². The zero-order chi connectivity index (χ0) is 26.9. The molecule has 8 nitrogen and oxygen atoms in total. The Hall–Kier alpha value is -2.58. The average Bonchev–Trinajstić information content (AvgIpc) is 3.10. The van der Waals surface area contributed by atoms with E-state index in [2.05, 4.69) is 9.88 Å². The van der Waals surface area contributed by atoms with E-state index in [1.54, 1.807) is 6.92 Å². The number of ether oxygens (including phenoxy) is 2. The van der Waals surface area contributed by atoms with E-state index in [9.17, 15) is 9.59 Å². The van der Waals surface area contributed by atoms with E-state index in [-0.39, 0.29) is 41.8 Å². The molecule has 0 radical (unpaired) electrons. The highest BCUT2D eigenvalue weighted by molar-refractivity contribution is 5.98. The number of hydrogen-bond acceptors (Lipinski definition) is 7. The highest BCUT2D eigenvalue weighted by Crippen LogP contribution is 2.44. The van der Waals surface area contributed by atoms with Crippen molar-refractivity contribution in [3.05, 3.63) is 40.3 Å². The van der Waals surface area contributed by atoms with Gasteiger partial charge in [0.1, 0.15) is 5.69 Å². The highest BCUT2D eigenvalue weighted by Gasteiger charge is 2.45. The molecule has 2 aliphatic carbocycles. The molecular weight excluding hydrogens is 492 g/mol. The first-order valence-corrected chi connectivity index (χ1v) is 15.1. The Kier molecular flexibility index (Phi) is 7.85. The van der Waals surface area contributed by atoms with Gasteiger partial charge in [0.25, 0.3) is 5.56 Å². The Morgan fingerprint density at radius 2 is 1.67 bits per heavy atom. The van der Waals surface area contributed by atoms with Crippen LogP contribution in [0.5, 0.6) is 0 Å². The number of benzene rings is 1. The van der Waals surface area contributed by atoms with Crippen LogP contribution in [0.4, 0.5) is 0 Å². The summed E-state index contributed by atoms with van der Waals surface area (Å²) in [5.74, 6) is 1.38. The summed E-state index contributed by atoms with van der Waals surface area (Å²) in [6.07, 6.45) is 11.5. The molecule has 0 amide bonds. The second kappa shape index (κ2) is 11.5. The lowest BCUT2D eigenvalue weighted by Gasteiger charge is -2.54. The van der Waals surface area contributed by atoms with Crippen LogP contribution in [0.3, 0.4) is 0 Å². The van der Waals surface area contributed by atoms with Gasteiger partial charge in [-0.3, -0.25) is 14.5 Å². The summed E-state index contributed by atoms with van der Waals surface area (Å²) in [6.45, 7) is 3.51. The smallest absolute Gasteiger partial charge is 0.306 e. The maximum Gasteiger partial charge on any atom is 0.306 e. The molecule has 2 aromatic rings. The van der Waals surface area contributed by atoms with E-state index < -0.39 is 0 Å². The van der Waals surface area contributed by atoms with Crippen LogP contribution in [0.25, 0.3) is 11.0 Å². The normalized spacial score (nSPS) is 31.0. The summed E-state index contributed by atoms with van der Waals surface area (Å²) in [4.78, 5) is 33.3. The molecule has 3 heterocycles. The lowest BCUT2D eigenvalue weighted by atomic mass is 9.75. The fourth-order valence-corrected chi connectivity index (χ4v) is 8.12. The van der Waals surface area contributed by atoms with E-state index in [4.69, 9.17) is 14.9 Å². The standard InChI is InChI=1S/C31H42N4O4/c1-2-39-29(36)12-11-26(32)30-31(37)35(28-10-6-5-9-27(28)33-30)23-16-24-18-38-19-25(17-23)34(24)22-14-20-7-3-4-8-21(13-20)15-22/h5-6,9-10,20-25,32H,2-4,7-8,11-19H2,1H3/t20?,21?,22?,23-,24-,25+. The molecule has 0 spiro atoms. The van der Waals surface area contributed by atoms with Gasteiger partial charge in [0, 0.05) is 30.6 Å². The molecule has 8 heteroatoms. The summed E-state index contributed by atoms with van der Waals surface area (Å²) < 4.78 is 13.0. The van der Waals surface area contributed by atoms with Crippen molar-refractivity contribution < 1.29 is 14.3 Å². The van der Waals surface area contributed by atoms with E-state index in [0.717, 1.165) is 43.4 Å². The van der Waals surface area contributed by atoms with Crippen LogP contribution in [0.1, 0.15) is 89.3 Å². The van der Waals surface area contributed by atoms with Crippen molar-refractivity contribution in [2.45, 2.75) is 102 Å². The van der Waals surface area contributed by atoms with Crippen molar-refractivity contribution in [3.8, 4) is 0 Å². The molecule has 4 aliphatic rings. The van der Waals surface area contributed by atoms with Crippen molar-refractivity contribution >= 4 is 22.7 Å². The van der Waals surface area contributed by atoms with Crippen molar-refractivity contribution in [1.29, 1.82) is 5.41 Å². The molecule has 1 aromatic carbocycles.